The lowest BCUT2D eigenvalue weighted by atomic mass is 10.2. The second kappa shape index (κ2) is 10.1. The topological polar surface area (TPSA) is 63.7 Å². The standard InChI is InChI=1S/C20H27ClN2O3/c21-18-7-2-1-6-16(18)14-25-15-17(24)12-22-13-19(20-8-5-11-26-20)23-9-3-4-10-23/h1-2,5-8,11,17,19,22,24H,3-4,9-10,12-15H2/p+2/t17-,19+/m1/s1. The van der Waals surface area contributed by atoms with E-state index < -0.39 is 6.10 Å². The van der Waals surface area contributed by atoms with Crippen LogP contribution in [-0.2, 0) is 11.3 Å². The summed E-state index contributed by atoms with van der Waals surface area (Å²) in [5.74, 6) is 1.04. The molecular formula is C20H29ClN2O3+2. The second-order valence-electron chi connectivity index (χ2n) is 6.95. The minimum Gasteiger partial charge on any atom is -0.463 e. The number of halogens is 1. The number of furan rings is 1. The molecule has 5 nitrogen and oxygen atoms in total. The minimum absolute atomic E-state index is 0.309. The second-order valence-corrected chi connectivity index (χ2v) is 7.36. The van der Waals surface area contributed by atoms with Crippen LogP contribution in [0.4, 0.5) is 0 Å². The Morgan fingerprint density at radius 2 is 1.96 bits per heavy atom. The van der Waals surface area contributed by atoms with Gasteiger partial charge in [0.15, 0.2) is 11.8 Å². The van der Waals surface area contributed by atoms with E-state index in [9.17, 15) is 5.11 Å². The lowest BCUT2D eigenvalue weighted by molar-refractivity contribution is -0.935. The molecular weight excluding hydrogens is 352 g/mol. The number of hydrogen-bond acceptors (Lipinski definition) is 3. The maximum Gasteiger partial charge on any atom is 0.195 e. The Morgan fingerprint density at radius 1 is 1.15 bits per heavy atom. The summed E-state index contributed by atoms with van der Waals surface area (Å²) in [5, 5.41) is 13.1. The van der Waals surface area contributed by atoms with Gasteiger partial charge in [-0.2, -0.15) is 0 Å². The summed E-state index contributed by atoms with van der Waals surface area (Å²) < 4.78 is 11.3. The van der Waals surface area contributed by atoms with Crippen LogP contribution in [0.3, 0.4) is 0 Å². The third kappa shape index (κ3) is 5.56. The molecule has 0 bridgehead atoms. The molecule has 1 aromatic carbocycles. The normalized spacial score (nSPS) is 17.5. The number of ether oxygens (including phenoxy) is 1. The number of aliphatic hydroxyl groups is 1. The van der Waals surface area contributed by atoms with Crippen molar-refractivity contribution in [3.05, 3.63) is 59.0 Å². The first kappa shape index (κ1) is 19.4. The highest BCUT2D eigenvalue weighted by atomic mass is 35.5. The Labute approximate surface area is 159 Å². The van der Waals surface area contributed by atoms with E-state index in [4.69, 9.17) is 20.8 Å². The SMILES string of the molecule is O[C@H](C[NH2+]C[C@@H](c1ccco1)[NH+]1CCCC1)COCc1ccccc1Cl. The first-order chi connectivity index (χ1) is 12.7. The van der Waals surface area contributed by atoms with E-state index in [2.05, 4.69) is 11.4 Å². The molecule has 1 aliphatic rings. The largest absolute Gasteiger partial charge is 0.463 e. The number of quaternary nitrogens is 2. The Hall–Kier alpha value is -1.37. The van der Waals surface area contributed by atoms with Gasteiger partial charge in [0.05, 0.1) is 32.6 Å². The van der Waals surface area contributed by atoms with Gasteiger partial charge in [0, 0.05) is 17.9 Å². The molecule has 4 N–H and O–H groups in total. The average molecular weight is 381 g/mol. The smallest absolute Gasteiger partial charge is 0.195 e. The third-order valence-corrected chi connectivity index (χ3v) is 5.36. The number of aliphatic hydroxyl groups excluding tert-OH is 1. The molecule has 142 valence electrons. The molecule has 3 rings (SSSR count). The lowest BCUT2D eigenvalue weighted by Gasteiger charge is -2.22. The predicted octanol–water partition coefficient (Wildman–Crippen LogP) is 0.794. The molecule has 0 amide bonds. The van der Waals surface area contributed by atoms with Crippen LogP contribution >= 0.6 is 11.6 Å². The number of nitrogens with two attached hydrogens (primary N) is 1. The Balaban J connectivity index is 1.39. The maximum absolute atomic E-state index is 10.2. The summed E-state index contributed by atoms with van der Waals surface area (Å²) >= 11 is 6.11. The fourth-order valence-electron chi connectivity index (χ4n) is 3.59. The Kier molecular flexibility index (Phi) is 7.53. The number of likely N-dealkylation sites (tertiary alicyclic amines) is 1. The number of benzene rings is 1. The van der Waals surface area contributed by atoms with Crippen molar-refractivity contribution in [3.63, 3.8) is 0 Å². The average Bonchev–Trinajstić information content (AvgIpc) is 3.34. The van der Waals surface area contributed by atoms with Crippen molar-refractivity contribution < 1.29 is 24.5 Å². The summed E-state index contributed by atoms with van der Waals surface area (Å²) in [6.07, 6.45) is 3.81. The van der Waals surface area contributed by atoms with Crippen LogP contribution in [0.5, 0.6) is 0 Å². The van der Waals surface area contributed by atoms with E-state index >= 15 is 0 Å². The quantitative estimate of drug-likeness (QED) is 0.571. The summed E-state index contributed by atoms with van der Waals surface area (Å²) in [6.45, 7) is 4.65. The van der Waals surface area contributed by atoms with Gasteiger partial charge in [-0.05, 0) is 23.8 Å². The molecule has 0 aliphatic carbocycles. The van der Waals surface area contributed by atoms with Crippen molar-refractivity contribution in [2.24, 2.45) is 0 Å². The summed E-state index contributed by atoms with van der Waals surface area (Å²) in [6, 6.07) is 12.0. The number of nitrogens with one attached hydrogen (secondary N) is 1. The molecule has 2 aromatic rings. The van der Waals surface area contributed by atoms with Crippen molar-refractivity contribution in [1.29, 1.82) is 0 Å². The van der Waals surface area contributed by atoms with Crippen molar-refractivity contribution in [3.8, 4) is 0 Å². The molecule has 0 spiro atoms. The molecule has 2 atom stereocenters. The van der Waals surface area contributed by atoms with Gasteiger partial charge in [0.25, 0.3) is 0 Å². The van der Waals surface area contributed by atoms with Gasteiger partial charge >= 0.3 is 0 Å². The zero-order chi connectivity index (χ0) is 18.2. The van der Waals surface area contributed by atoms with Gasteiger partial charge in [0.2, 0.25) is 0 Å². The third-order valence-electron chi connectivity index (χ3n) is 4.99. The first-order valence-corrected chi connectivity index (χ1v) is 9.80. The molecule has 1 aromatic heterocycles. The van der Waals surface area contributed by atoms with E-state index in [1.165, 1.54) is 25.9 Å². The molecule has 0 radical (unpaired) electrons. The zero-order valence-corrected chi connectivity index (χ0v) is 15.8. The molecule has 0 saturated carbocycles. The van der Waals surface area contributed by atoms with Crippen molar-refractivity contribution in [2.75, 3.05) is 32.8 Å². The summed E-state index contributed by atoms with van der Waals surface area (Å²) in [5.41, 5.74) is 0.945. The van der Waals surface area contributed by atoms with Crippen LogP contribution in [0.15, 0.2) is 47.1 Å². The van der Waals surface area contributed by atoms with E-state index in [0.29, 0.717) is 30.8 Å². The van der Waals surface area contributed by atoms with Gasteiger partial charge in [-0.25, -0.2) is 0 Å². The predicted molar refractivity (Wildman–Crippen MR) is 100 cm³/mol. The van der Waals surface area contributed by atoms with Crippen LogP contribution in [0, 0.1) is 0 Å². The molecule has 26 heavy (non-hydrogen) atoms. The van der Waals surface area contributed by atoms with Crippen LogP contribution in [0.2, 0.25) is 5.02 Å². The Bertz CT molecular complexity index is 644. The van der Waals surface area contributed by atoms with Crippen molar-refractivity contribution in [2.45, 2.75) is 31.6 Å². The van der Waals surface area contributed by atoms with E-state index in [1.54, 1.807) is 11.2 Å². The van der Waals surface area contributed by atoms with Gasteiger partial charge in [-0.1, -0.05) is 29.8 Å². The summed E-state index contributed by atoms with van der Waals surface area (Å²) in [4.78, 5) is 1.58. The van der Waals surface area contributed by atoms with Gasteiger partial charge in [0.1, 0.15) is 19.2 Å². The van der Waals surface area contributed by atoms with Crippen LogP contribution in [0.1, 0.15) is 30.2 Å². The zero-order valence-electron chi connectivity index (χ0n) is 15.1. The first-order valence-electron chi connectivity index (χ1n) is 9.43. The molecule has 1 saturated heterocycles. The van der Waals surface area contributed by atoms with E-state index in [0.717, 1.165) is 17.9 Å². The maximum atomic E-state index is 10.2. The molecule has 1 aliphatic heterocycles. The fraction of sp³-hybridized carbons (Fsp3) is 0.500. The minimum atomic E-state index is -0.497. The van der Waals surface area contributed by atoms with E-state index in [-0.39, 0.29) is 0 Å². The highest BCUT2D eigenvalue weighted by molar-refractivity contribution is 6.31. The van der Waals surface area contributed by atoms with Crippen molar-refractivity contribution in [1.82, 2.24) is 0 Å². The molecule has 2 heterocycles. The molecule has 1 fully saturated rings. The Morgan fingerprint density at radius 3 is 2.69 bits per heavy atom. The van der Waals surface area contributed by atoms with E-state index in [1.807, 2.05) is 30.3 Å². The van der Waals surface area contributed by atoms with Gasteiger partial charge < -0.3 is 24.5 Å². The van der Waals surface area contributed by atoms with Gasteiger partial charge in [-0.15, -0.1) is 0 Å². The van der Waals surface area contributed by atoms with Crippen molar-refractivity contribution >= 4 is 11.6 Å². The number of hydrogen-bond donors (Lipinski definition) is 3. The molecule has 6 heteroatoms. The number of rotatable bonds is 10. The van der Waals surface area contributed by atoms with Crippen LogP contribution < -0.4 is 10.2 Å². The monoisotopic (exact) mass is 380 g/mol. The lowest BCUT2D eigenvalue weighted by Crippen LogP contribution is -3.13. The summed E-state index contributed by atoms with van der Waals surface area (Å²) in [7, 11) is 0. The molecule has 0 unspecified atom stereocenters. The highest BCUT2D eigenvalue weighted by Gasteiger charge is 2.30. The van der Waals surface area contributed by atoms with Crippen LogP contribution in [-0.4, -0.2) is 44.0 Å². The van der Waals surface area contributed by atoms with Gasteiger partial charge in [-0.3, -0.25) is 0 Å². The van der Waals surface area contributed by atoms with Crippen LogP contribution in [0.25, 0.3) is 0 Å². The fourth-order valence-corrected chi connectivity index (χ4v) is 3.79. The highest BCUT2D eigenvalue weighted by Crippen LogP contribution is 2.15.